The predicted molar refractivity (Wildman–Crippen MR) is 75.6 cm³/mol. The van der Waals surface area contributed by atoms with Crippen molar-refractivity contribution in [3.05, 3.63) is 11.9 Å². The first-order chi connectivity index (χ1) is 10.2. The maximum atomic E-state index is 11.6. The Morgan fingerprint density at radius 1 is 1.33 bits per heavy atom. The number of hydrogen-bond donors (Lipinski definition) is 1. The quantitative estimate of drug-likeness (QED) is 0.902. The summed E-state index contributed by atoms with van der Waals surface area (Å²) in [6.45, 7) is 2.12. The summed E-state index contributed by atoms with van der Waals surface area (Å²) in [5.74, 6) is -0.120. The van der Waals surface area contributed by atoms with Gasteiger partial charge >= 0.3 is 5.97 Å². The third kappa shape index (κ3) is 3.37. The van der Waals surface area contributed by atoms with Gasteiger partial charge in [-0.25, -0.2) is 4.79 Å². The van der Waals surface area contributed by atoms with Crippen LogP contribution in [0.4, 0.5) is 0 Å². The Morgan fingerprint density at radius 2 is 2.05 bits per heavy atom. The summed E-state index contributed by atoms with van der Waals surface area (Å²) >= 11 is 0. The number of nitrogens with zero attached hydrogens (tertiary/aromatic N) is 2. The molecule has 0 unspecified atom stereocenters. The summed E-state index contributed by atoms with van der Waals surface area (Å²) in [6.07, 6.45) is 7.93. The molecule has 1 N–H and O–H groups in total. The van der Waals surface area contributed by atoms with Gasteiger partial charge in [-0.05, 0) is 44.4 Å². The van der Waals surface area contributed by atoms with E-state index in [4.69, 9.17) is 9.47 Å². The molecule has 116 valence electrons. The van der Waals surface area contributed by atoms with Crippen LogP contribution in [0.1, 0.15) is 49.0 Å². The van der Waals surface area contributed by atoms with E-state index in [2.05, 4.69) is 5.10 Å². The van der Waals surface area contributed by atoms with E-state index < -0.39 is 5.97 Å². The molecule has 6 heteroatoms. The van der Waals surface area contributed by atoms with Gasteiger partial charge in [-0.1, -0.05) is 0 Å². The van der Waals surface area contributed by atoms with Crippen molar-refractivity contribution >= 4 is 5.97 Å². The maximum Gasteiger partial charge on any atom is 0.358 e. The summed E-state index contributed by atoms with van der Waals surface area (Å²) in [4.78, 5) is 11.6. The van der Waals surface area contributed by atoms with E-state index >= 15 is 0 Å². The molecule has 21 heavy (non-hydrogen) atoms. The molecule has 2 heterocycles. The maximum absolute atomic E-state index is 11.6. The van der Waals surface area contributed by atoms with Gasteiger partial charge in [0.05, 0.1) is 12.3 Å². The zero-order valence-corrected chi connectivity index (χ0v) is 12.2. The number of ether oxygens (including phenoxy) is 2. The van der Waals surface area contributed by atoms with Gasteiger partial charge in [0.25, 0.3) is 0 Å². The first kappa shape index (κ1) is 14.4. The smallest absolute Gasteiger partial charge is 0.358 e. The number of carboxylic acids is 1. The Balaban J connectivity index is 1.73. The Morgan fingerprint density at radius 3 is 2.71 bits per heavy atom. The molecule has 0 radical (unpaired) electrons. The number of aromatic nitrogens is 2. The molecule has 1 aromatic heterocycles. The van der Waals surface area contributed by atoms with Crippen LogP contribution in [0.3, 0.4) is 0 Å². The number of hydrogen-bond acceptors (Lipinski definition) is 4. The van der Waals surface area contributed by atoms with Crippen LogP contribution < -0.4 is 4.74 Å². The minimum atomic E-state index is -0.965. The molecular formula is C15H22N2O4. The van der Waals surface area contributed by atoms with E-state index in [1.54, 1.807) is 10.9 Å². The molecule has 1 aliphatic heterocycles. The fourth-order valence-electron chi connectivity index (χ4n) is 3.17. The van der Waals surface area contributed by atoms with Crippen LogP contribution in [0.15, 0.2) is 6.20 Å². The van der Waals surface area contributed by atoms with Crippen LogP contribution in [-0.4, -0.2) is 40.2 Å². The zero-order chi connectivity index (χ0) is 14.7. The Labute approximate surface area is 124 Å². The molecule has 1 aliphatic carbocycles. The van der Waals surface area contributed by atoms with Crippen molar-refractivity contribution in [2.75, 3.05) is 13.2 Å². The van der Waals surface area contributed by atoms with E-state index in [0.29, 0.717) is 18.2 Å². The lowest BCUT2D eigenvalue weighted by Gasteiger charge is -2.22. The van der Waals surface area contributed by atoms with Gasteiger partial charge < -0.3 is 14.6 Å². The molecular weight excluding hydrogens is 272 g/mol. The average Bonchev–Trinajstić information content (AvgIpc) is 3.11. The highest BCUT2D eigenvalue weighted by molar-refractivity contribution is 5.88. The minimum Gasteiger partial charge on any atom is -0.486 e. The van der Waals surface area contributed by atoms with Crippen molar-refractivity contribution in [1.29, 1.82) is 0 Å². The number of rotatable bonds is 5. The van der Waals surface area contributed by atoms with Crippen molar-refractivity contribution in [2.45, 2.75) is 51.2 Å². The minimum absolute atomic E-state index is 0.142. The molecule has 3 rings (SSSR count). The summed E-state index contributed by atoms with van der Waals surface area (Å²) in [5.41, 5.74) is 0.188. The summed E-state index contributed by atoms with van der Waals surface area (Å²) in [7, 11) is 0. The van der Waals surface area contributed by atoms with Gasteiger partial charge in [0, 0.05) is 19.8 Å². The summed E-state index contributed by atoms with van der Waals surface area (Å²) in [6, 6.07) is 0. The molecule has 6 nitrogen and oxygen atoms in total. The molecule has 0 spiro atoms. The van der Waals surface area contributed by atoms with Gasteiger partial charge in [0.15, 0.2) is 11.4 Å². The summed E-state index contributed by atoms with van der Waals surface area (Å²) < 4.78 is 12.8. The van der Waals surface area contributed by atoms with Crippen LogP contribution in [0.25, 0.3) is 0 Å². The molecule has 1 aromatic rings. The number of carbonyl (C=O) groups is 1. The second-order valence-electron chi connectivity index (χ2n) is 5.92. The Hall–Kier alpha value is -1.56. The largest absolute Gasteiger partial charge is 0.486 e. The highest BCUT2D eigenvalue weighted by atomic mass is 16.5. The fourth-order valence-corrected chi connectivity index (χ4v) is 3.17. The van der Waals surface area contributed by atoms with Crippen molar-refractivity contribution in [3.8, 4) is 5.75 Å². The number of aromatic carboxylic acids is 1. The van der Waals surface area contributed by atoms with E-state index in [1.807, 2.05) is 0 Å². The van der Waals surface area contributed by atoms with Gasteiger partial charge in [0.2, 0.25) is 0 Å². The highest BCUT2D eigenvalue weighted by Gasteiger charge is 2.25. The molecule has 0 bridgehead atoms. The molecule has 0 aromatic carbocycles. The molecule has 1 saturated heterocycles. The highest BCUT2D eigenvalue weighted by Crippen LogP contribution is 2.28. The van der Waals surface area contributed by atoms with Crippen LogP contribution in [-0.2, 0) is 11.3 Å². The standard InChI is InChI=1S/C15H22N2O4/c18-15(19)14-13(21-12-3-1-2-4-12)9-16-17(14)10-11-5-7-20-8-6-11/h9,11-12H,1-8,10H2,(H,18,19). The van der Waals surface area contributed by atoms with Crippen molar-refractivity contribution in [1.82, 2.24) is 9.78 Å². The lowest BCUT2D eigenvalue weighted by atomic mass is 10.0. The Kier molecular flexibility index (Phi) is 4.43. The van der Waals surface area contributed by atoms with Crippen LogP contribution >= 0.6 is 0 Å². The SMILES string of the molecule is O=C(O)c1c(OC2CCCC2)cnn1CC1CCOCC1. The van der Waals surface area contributed by atoms with Gasteiger partial charge in [0.1, 0.15) is 0 Å². The van der Waals surface area contributed by atoms with Crippen LogP contribution in [0, 0.1) is 5.92 Å². The average molecular weight is 294 g/mol. The zero-order valence-electron chi connectivity index (χ0n) is 12.2. The summed E-state index contributed by atoms with van der Waals surface area (Å²) in [5, 5.41) is 13.7. The van der Waals surface area contributed by atoms with Gasteiger partial charge in [-0.3, -0.25) is 4.68 Å². The van der Waals surface area contributed by atoms with Crippen molar-refractivity contribution in [3.63, 3.8) is 0 Å². The second-order valence-corrected chi connectivity index (χ2v) is 5.92. The second kappa shape index (κ2) is 6.47. The lowest BCUT2D eigenvalue weighted by molar-refractivity contribution is 0.0577. The van der Waals surface area contributed by atoms with E-state index in [9.17, 15) is 9.90 Å². The molecule has 0 amide bonds. The molecule has 0 atom stereocenters. The normalized spacial score (nSPS) is 20.8. The fraction of sp³-hybridized carbons (Fsp3) is 0.733. The van der Waals surface area contributed by atoms with E-state index in [1.165, 1.54) is 0 Å². The first-order valence-electron chi connectivity index (χ1n) is 7.77. The number of carboxylic acid groups (broad SMARTS) is 1. The van der Waals surface area contributed by atoms with Crippen molar-refractivity contribution in [2.24, 2.45) is 5.92 Å². The molecule has 1 saturated carbocycles. The van der Waals surface area contributed by atoms with Crippen LogP contribution in [0.2, 0.25) is 0 Å². The predicted octanol–water partition coefficient (Wildman–Crippen LogP) is 2.33. The molecule has 2 aliphatic rings. The lowest BCUT2D eigenvalue weighted by Crippen LogP contribution is -2.23. The monoisotopic (exact) mass is 294 g/mol. The third-order valence-electron chi connectivity index (χ3n) is 4.38. The van der Waals surface area contributed by atoms with Gasteiger partial charge in [-0.2, -0.15) is 5.10 Å². The van der Waals surface area contributed by atoms with Crippen molar-refractivity contribution < 1.29 is 19.4 Å². The van der Waals surface area contributed by atoms with E-state index in [0.717, 1.165) is 51.7 Å². The third-order valence-corrected chi connectivity index (χ3v) is 4.38. The van der Waals surface area contributed by atoms with E-state index in [-0.39, 0.29) is 11.8 Å². The topological polar surface area (TPSA) is 73.6 Å². The first-order valence-corrected chi connectivity index (χ1v) is 7.77. The van der Waals surface area contributed by atoms with Crippen LogP contribution in [0.5, 0.6) is 5.75 Å². The van der Waals surface area contributed by atoms with Gasteiger partial charge in [-0.15, -0.1) is 0 Å². The Bertz CT molecular complexity index is 488. The molecule has 2 fully saturated rings.